The summed E-state index contributed by atoms with van der Waals surface area (Å²) in [5.74, 6) is 0. The summed E-state index contributed by atoms with van der Waals surface area (Å²) in [6, 6.07) is 13.7. The fourth-order valence-corrected chi connectivity index (χ4v) is 4.38. The van der Waals surface area contributed by atoms with Gasteiger partial charge >= 0.3 is 0 Å². The van der Waals surface area contributed by atoms with Crippen LogP contribution in [0.1, 0.15) is 18.0 Å². The summed E-state index contributed by atoms with van der Waals surface area (Å²) >= 11 is 21.8. The van der Waals surface area contributed by atoms with E-state index in [1.165, 1.54) is 0 Å². The van der Waals surface area contributed by atoms with Crippen LogP contribution in [0.15, 0.2) is 52.0 Å². The van der Waals surface area contributed by atoms with Crippen LogP contribution in [0.5, 0.6) is 0 Å². The van der Waals surface area contributed by atoms with Crippen LogP contribution >= 0.6 is 51.3 Å². The van der Waals surface area contributed by atoms with Crippen LogP contribution < -0.4 is 10.4 Å². The lowest BCUT2D eigenvalue weighted by molar-refractivity contribution is 0.0255. The number of hydrogen-bond acceptors (Lipinski definition) is 5. The zero-order valence-electron chi connectivity index (χ0n) is 15.4. The van der Waals surface area contributed by atoms with Gasteiger partial charge < -0.3 is 10.2 Å². The molecule has 1 saturated heterocycles. The maximum Gasteiger partial charge on any atom is 0.137 e. The first-order valence-corrected chi connectivity index (χ1v) is 11.2. The van der Waals surface area contributed by atoms with E-state index < -0.39 is 0 Å². The van der Waals surface area contributed by atoms with Gasteiger partial charge in [-0.2, -0.15) is 5.10 Å². The van der Waals surface area contributed by atoms with E-state index in [2.05, 4.69) is 38.5 Å². The molecule has 152 valence electrons. The third-order valence-corrected chi connectivity index (χ3v) is 6.25. The molecule has 4 rings (SSSR count). The average molecular weight is 514 g/mol. The number of halogens is 3. The first-order valence-electron chi connectivity index (χ1n) is 9.22. The van der Waals surface area contributed by atoms with Crippen LogP contribution in [0.25, 0.3) is 0 Å². The van der Waals surface area contributed by atoms with Crippen LogP contribution in [0.2, 0.25) is 10.0 Å². The molecule has 0 radical (unpaired) electrons. The van der Waals surface area contributed by atoms with Crippen molar-refractivity contribution in [3.05, 3.63) is 62.5 Å². The van der Waals surface area contributed by atoms with Crippen molar-refractivity contribution in [1.82, 2.24) is 10.4 Å². The van der Waals surface area contributed by atoms with Crippen molar-refractivity contribution in [2.45, 2.75) is 12.5 Å². The van der Waals surface area contributed by atoms with Crippen LogP contribution in [0.4, 0.5) is 5.69 Å². The number of rotatable bonds is 4. The molecule has 2 heterocycles. The smallest absolute Gasteiger partial charge is 0.137 e. The van der Waals surface area contributed by atoms with Gasteiger partial charge in [0.15, 0.2) is 0 Å². The van der Waals surface area contributed by atoms with Gasteiger partial charge in [-0.05, 0) is 35.9 Å². The Morgan fingerprint density at radius 3 is 2.55 bits per heavy atom. The highest BCUT2D eigenvalue weighted by Crippen LogP contribution is 2.40. The number of anilines is 1. The Bertz CT molecular complexity index is 935. The number of morpholine rings is 1. The molecular formula is C20H19BrCl2N4OS. The van der Waals surface area contributed by atoms with E-state index in [4.69, 9.17) is 45.3 Å². The van der Waals surface area contributed by atoms with Gasteiger partial charge in [-0.3, -0.25) is 5.01 Å². The fraction of sp³-hybridized carbons (Fsp3) is 0.300. The van der Waals surface area contributed by atoms with Crippen molar-refractivity contribution in [3.8, 4) is 0 Å². The average Bonchev–Trinajstić information content (AvgIpc) is 3.14. The molecule has 2 aromatic carbocycles. The highest BCUT2D eigenvalue weighted by Gasteiger charge is 2.32. The number of hydrogen-bond donors (Lipinski definition) is 1. The molecule has 0 saturated carbocycles. The van der Waals surface area contributed by atoms with Crippen molar-refractivity contribution in [3.63, 3.8) is 0 Å². The second kappa shape index (κ2) is 9.29. The van der Waals surface area contributed by atoms with Crippen LogP contribution in [0.3, 0.4) is 0 Å². The third-order valence-electron chi connectivity index (χ3n) is 4.85. The molecule has 1 N–H and O–H groups in total. The predicted molar refractivity (Wildman–Crippen MR) is 126 cm³/mol. The van der Waals surface area contributed by atoms with Gasteiger partial charge in [0.05, 0.1) is 35.7 Å². The molecule has 29 heavy (non-hydrogen) atoms. The molecule has 1 atom stereocenters. The van der Waals surface area contributed by atoms with Crippen molar-refractivity contribution >= 4 is 67.7 Å². The van der Waals surface area contributed by atoms with Gasteiger partial charge in [0.2, 0.25) is 0 Å². The summed E-state index contributed by atoms with van der Waals surface area (Å²) in [4.78, 5) is 0.626. The number of nitrogens with one attached hydrogen (secondary N) is 1. The van der Waals surface area contributed by atoms with E-state index >= 15 is 0 Å². The molecule has 0 aliphatic carbocycles. The largest absolute Gasteiger partial charge is 0.379 e. The number of benzene rings is 2. The molecule has 2 aliphatic heterocycles. The first-order chi connectivity index (χ1) is 14.0. The Kier molecular flexibility index (Phi) is 6.73. The zero-order valence-corrected chi connectivity index (χ0v) is 19.4. The normalized spacial score (nSPS) is 19.9. The highest BCUT2D eigenvalue weighted by atomic mass is 79.9. The SMILES string of the molecule is S=C(NN1CCOCC1)C1=NN(c2ccc(Cl)cc2Cl)C(c2ccc(Br)cc2)C1. The molecule has 1 unspecified atom stereocenters. The molecule has 2 aromatic rings. The Hall–Kier alpha value is -1.22. The second-order valence-corrected chi connectivity index (χ2v) is 8.97. The van der Waals surface area contributed by atoms with Crippen molar-refractivity contribution < 1.29 is 4.74 Å². The summed E-state index contributed by atoms with van der Waals surface area (Å²) in [6.07, 6.45) is 0.677. The number of thiocarbonyl (C=S) groups is 1. The van der Waals surface area contributed by atoms with Gasteiger partial charge in [-0.15, -0.1) is 0 Å². The summed E-state index contributed by atoms with van der Waals surface area (Å²) in [5, 5.41) is 9.99. The molecule has 9 heteroatoms. The van der Waals surface area contributed by atoms with Crippen LogP contribution in [0, 0.1) is 0 Å². The highest BCUT2D eigenvalue weighted by molar-refractivity contribution is 9.10. The van der Waals surface area contributed by atoms with Crippen molar-refractivity contribution in [2.24, 2.45) is 5.10 Å². The molecule has 0 bridgehead atoms. The summed E-state index contributed by atoms with van der Waals surface area (Å²) in [6.45, 7) is 2.96. The van der Waals surface area contributed by atoms with Crippen molar-refractivity contribution in [2.75, 3.05) is 31.3 Å². The fourth-order valence-electron chi connectivity index (χ4n) is 3.36. The summed E-state index contributed by atoms with van der Waals surface area (Å²) in [5.41, 5.74) is 6.06. The second-order valence-electron chi connectivity index (χ2n) is 6.80. The lowest BCUT2D eigenvalue weighted by Crippen LogP contribution is -2.49. The number of hydrazine groups is 1. The van der Waals surface area contributed by atoms with Gasteiger partial charge in [0, 0.05) is 29.0 Å². The van der Waals surface area contributed by atoms with E-state index in [9.17, 15) is 0 Å². The van der Waals surface area contributed by atoms with Gasteiger partial charge in [0.1, 0.15) is 4.99 Å². The number of hydrazone groups is 1. The van der Waals surface area contributed by atoms with E-state index in [1.54, 1.807) is 6.07 Å². The molecule has 0 amide bonds. The predicted octanol–water partition coefficient (Wildman–Crippen LogP) is 5.23. The van der Waals surface area contributed by atoms with Crippen LogP contribution in [-0.2, 0) is 4.74 Å². The minimum atomic E-state index is -0.0128. The summed E-state index contributed by atoms with van der Waals surface area (Å²) in [7, 11) is 0. The minimum absolute atomic E-state index is 0.0128. The van der Waals surface area contributed by atoms with E-state index in [1.807, 2.05) is 29.3 Å². The Morgan fingerprint density at radius 2 is 1.86 bits per heavy atom. The maximum absolute atomic E-state index is 6.50. The third kappa shape index (κ3) is 4.93. The Labute approximate surface area is 193 Å². The number of nitrogens with zero attached hydrogens (tertiary/aromatic N) is 3. The molecule has 0 spiro atoms. The lowest BCUT2D eigenvalue weighted by atomic mass is 10.0. The van der Waals surface area contributed by atoms with Gasteiger partial charge in [0.25, 0.3) is 0 Å². The first kappa shape index (κ1) is 21.0. The Morgan fingerprint density at radius 1 is 1.14 bits per heavy atom. The van der Waals surface area contributed by atoms with E-state index in [-0.39, 0.29) is 6.04 Å². The molecular weight excluding hydrogens is 495 g/mol. The lowest BCUT2D eigenvalue weighted by Gasteiger charge is -2.27. The molecule has 5 nitrogen and oxygen atoms in total. The summed E-state index contributed by atoms with van der Waals surface area (Å²) < 4.78 is 6.42. The zero-order chi connectivity index (χ0) is 20.4. The Balaban J connectivity index is 1.62. The van der Waals surface area contributed by atoms with Gasteiger partial charge in [-0.25, -0.2) is 5.01 Å². The monoisotopic (exact) mass is 512 g/mol. The van der Waals surface area contributed by atoms with Gasteiger partial charge in [-0.1, -0.05) is 63.5 Å². The molecule has 0 aromatic heterocycles. The molecule has 2 aliphatic rings. The van der Waals surface area contributed by atoms with Crippen molar-refractivity contribution in [1.29, 1.82) is 0 Å². The number of ether oxygens (including phenoxy) is 1. The maximum atomic E-state index is 6.50. The topological polar surface area (TPSA) is 40.1 Å². The molecule has 1 fully saturated rings. The quantitative estimate of drug-likeness (QED) is 0.567. The van der Waals surface area contributed by atoms with E-state index in [0.29, 0.717) is 34.7 Å². The van der Waals surface area contributed by atoms with E-state index in [0.717, 1.165) is 34.5 Å². The van der Waals surface area contributed by atoms with Crippen LogP contribution in [-0.4, -0.2) is 42.0 Å². The minimum Gasteiger partial charge on any atom is -0.379 e. The standard InChI is InChI=1S/C20H19BrCl2N4OS/c21-14-3-1-13(2-4-14)19-12-17(20(29)25-26-7-9-28-10-8-26)24-27(19)18-6-5-15(22)11-16(18)23/h1-6,11,19H,7-10,12H2,(H,25,29).